The van der Waals surface area contributed by atoms with E-state index in [1.54, 1.807) is 14.0 Å². The van der Waals surface area contributed by atoms with E-state index in [2.05, 4.69) is 15.3 Å². The van der Waals surface area contributed by atoms with Crippen LogP contribution in [0.15, 0.2) is 11.1 Å². The second-order valence-corrected chi connectivity index (χ2v) is 4.75. The van der Waals surface area contributed by atoms with E-state index in [4.69, 9.17) is 4.74 Å². The van der Waals surface area contributed by atoms with Crippen molar-refractivity contribution in [3.8, 4) is 0 Å². The molecule has 0 spiro atoms. The van der Waals surface area contributed by atoms with Gasteiger partial charge in [-0.3, -0.25) is 0 Å². The molecule has 1 rings (SSSR count). The molecule has 1 aromatic rings. The first kappa shape index (κ1) is 16.0. The van der Waals surface area contributed by atoms with E-state index in [9.17, 15) is 13.2 Å². The van der Waals surface area contributed by atoms with Gasteiger partial charge in [-0.25, -0.2) is 9.97 Å². The fourth-order valence-corrected chi connectivity index (χ4v) is 2.08. The molecule has 0 aliphatic heterocycles. The summed E-state index contributed by atoms with van der Waals surface area (Å²) < 4.78 is 42.9. The number of ether oxygens (including phenoxy) is 1. The minimum absolute atomic E-state index is 0.00608. The Morgan fingerprint density at radius 2 is 2.11 bits per heavy atom. The van der Waals surface area contributed by atoms with Gasteiger partial charge < -0.3 is 10.1 Å². The summed E-state index contributed by atoms with van der Waals surface area (Å²) in [5.74, 6) is 0.653. The summed E-state index contributed by atoms with van der Waals surface area (Å²) in [7, 11) is 1.58. The number of thioether (sulfide) groups is 1. The molecular formula is C11H16F3N3OS. The SMILES string of the molecule is CCNc1nc(SCCCOC)cc(C(F)(F)F)n1. The maximum atomic E-state index is 12.7. The van der Waals surface area contributed by atoms with E-state index >= 15 is 0 Å². The van der Waals surface area contributed by atoms with Crippen LogP contribution in [0.4, 0.5) is 19.1 Å². The largest absolute Gasteiger partial charge is 0.433 e. The lowest BCUT2D eigenvalue weighted by Crippen LogP contribution is -2.12. The van der Waals surface area contributed by atoms with Crippen molar-refractivity contribution in [1.29, 1.82) is 0 Å². The maximum Gasteiger partial charge on any atom is 0.433 e. The number of nitrogens with one attached hydrogen (secondary N) is 1. The van der Waals surface area contributed by atoms with Gasteiger partial charge in [-0.05, 0) is 13.3 Å². The molecule has 0 saturated heterocycles. The smallest absolute Gasteiger partial charge is 0.385 e. The van der Waals surface area contributed by atoms with Crippen LogP contribution in [0, 0.1) is 0 Å². The lowest BCUT2D eigenvalue weighted by atomic mass is 10.4. The molecule has 0 aliphatic carbocycles. The van der Waals surface area contributed by atoms with Crippen LogP contribution in [0.5, 0.6) is 0 Å². The van der Waals surface area contributed by atoms with Gasteiger partial charge >= 0.3 is 6.18 Å². The Balaban J connectivity index is 2.81. The van der Waals surface area contributed by atoms with Crippen LogP contribution in [0.1, 0.15) is 19.0 Å². The van der Waals surface area contributed by atoms with Crippen molar-refractivity contribution >= 4 is 17.7 Å². The molecule has 1 heterocycles. The summed E-state index contributed by atoms with van der Waals surface area (Å²) in [5.41, 5.74) is -0.923. The van der Waals surface area contributed by atoms with Gasteiger partial charge in [-0.15, -0.1) is 11.8 Å². The standard InChI is InChI=1S/C11H16F3N3OS/c1-3-15-10-16-8(11(12,13)14)7-9(17-10)19-6-4-5-18-2/h7H,3-6H2,1-2H3,(H,15,16,17). The quantitative estimate of drug-likeness (QED) is 0.476. The fraction of sp³-hybridized carbons (Fsp3) is 0.636. The monoisotopic (exact) mass is 295 g/mol. The predicted molar refractivity (Wildman–Crippen MR) is 68.4 cm³/mol. The number of alkyl halides is 3. The second kappa shape index (κ2) is 7.54. The number of methoxy groups -OCH3 is 1. The molecule has 108 valence electrons. The van der Waals surface area contributed by atoms with Crippen LogP contribution >= 0.6 is 11.8 Å². The Labute approximate surface area is 114 Å². The van der Waals surface area contributed by atoms with Crippen molar-refractivity contribution in [3.63, 3.8) is 0 Å². The summed E-state index contributed by atoms with van der Waals surface area (Å²) in [5, 5.41) is 3.02. The number of halogens is 3. The molecule has 0 amide bonds. The molecule has 1 N–H and O–H groups in total. The van der Waals surface area contributed by atoms with Crippen molar-refractivity contribution in [2.24, 2.45) is 0 Å². The number of anilines is 1. The van der Waals surface area contributed by atoms with Gasteiger partial charge in [0.2, 0.25) is 5.95 Å². The van der Waals surface area contributed by atoms with Gasteiger partial charge in [0.05, 0.1) is 0 Å². The molecule has 19 heavy (non-hydrogen) atoms. The average molecular weight is 295 g/mol. The third kappa shape index (κ3) is 5.65. The van der Waals surface area contributed by atoms with Crippen molar-refractivity contribution in [1.82, 2.24) is 9.97 Å². The van der Waals surface area contributed by atoms with Crippen LogP contribution in [0.3, 0.4) is 0 Å². The highest BCUT2D eigenvalue weighted by Gasteiger charge is 2.33. The summed E-state index contributed by atoms with van der Waals surface area (Å²) in [6.07, 6.45) is -3.71. The molecule has 0 atom stereocenters. The summed E-state index contributed by atoms with van der Waals surface area (Å²) >= 11 is 1.26. The molecule has 0 unspecified atom stereocenters. The lowest BCUT2D eigenvalue weighted by Gasteiger charge is -2.10. The molecule has 0 aliphatic rings. The summed E-state index contributed by atoms with van der Waals surface area (Å²) in [6.45, 7) is 2.81. The normalized spacial score (nSPS) is 11.6. The van der Waals surface area contributed by atoms with Gasteiger partial charge in [0.1, 0.15) is 5.03 Å². The highest BCUT2D eigenvalue weighted by atomic mass is 32.2. The Kier molecular flexibility index (Phi) is 6.36. The Morgan fingerprint density at radius 3 is 2.68 bits per heavy atom. The minimum Gasteiger partial charge on any atom is -0.385 e. The van der Waals surface area contributed by atoms with Crippen LogP contribution in [0.25, 0.3) is 0 Å². The zero-order valence-corrected chi connectivity index (χ0v) is 11.6. The van der Waals surface area contributed by atoms with E-state index in [-0.39, 0.29) is 5.95 Å². The van der Waals surface area contributed by atoms with Gasteiger partial charge in [0, 0.05) is 32.1 Å². The molecule has 1 aromatic heterocycles. The van der Waals surface area contributed by atoms with Crippen molar-refractivity contribution in [2.75, 3.05) is 31.3 Å². The zero-order chi connectivity index (χ0) is 14.3. The van der Waals surface area contributed by atoms with Crippen molar-refractivity contribution < 1.29 is 17.9 Å². The molecular weight excluding hydrogens is 279 g/mol. The number of nitrogens with zero attached hydrogens (tertiary/aromatic N) is 2. The van der Waals surface area contributed by atoms with E-state index in [0.29, 0.717) is 23.9 Å². The molecule has 4 nitrogen and oxygen atoms in total. The maximum absolute atomic E-state index is 12.7. The van der Waals surface area contributed by atoms with Gasteiger partial charge in [-0.2, -0.15) is 13.2 Å². The number of hydrogen-bond donors (Lipinski definition) is 1. The molecule has 0 bridgehead atoms. The molecule has 0 fully saturated rings. The number of aromatic nitrogens is 2. The first-order valence-electron chi connectivity index (χ1n) is 5.79. The molecule has 0 aromatic carbocycles. The minimum atomic E-state index is -4.46. The van der Waals surface area contributed by atoms with E-state index in [1.807, 2.05) is 0 Å². The Morgan fingerprint density at radius 1 is 1.37 bits per heavy atom. The predicted octanol–water partition coefficient (Wildman–Crippen LogP) is 3.06. The molecule has 0 saturated carbocycles. The lowest BCUT2D eigenvalue weighted by molar-refractivity contribution is -0.141. The van der Waals surface area contributed by atoms with Gasteiger partial charge in [-0.1, -0.05) is 0 Å². The van der Waals surface area contributed by atoms with E-state index in [0.717, 1.165) is 12.5 Å². The van der Waals surface area contributed by atoms with E-state index in [1.165, 1.54) is 11.8 Å². The van der Waals surface area contributed by atoms with E-state index < -0.39 is 11.9 Å². The van der Waals surface area contributed by atoms with Gasteiger partial charge in [0.25, 0.3) is 0 Å². The summed E-state index contributed by atoms with van der Waals surface area (Å²) in [4.78, 5) is 7.49. The van der Waals surface area contributed by atoms with Crippen LogP contribution in [0.2, 0.25) is 0 Å². The first-order valence-corrected chi connectivity index (χ1v) is 6.77. The first-order chi connectivity index (χ1) is 8.97. The topological polar surface area (TPSA) is 47.0 Å². The highest BCUT2D eigenvalue weighted by Crippen LogP contribution is 2.30. The van der Waals surface area contributed by atoms with Crippen LogP contribution in [-0.2, 0) is 10.9 Å². The molecule has 8 heteroatoms. The fourth-order valence-electron chi connectivity index (χ4n) is 1.26. The Bertz CT molecular complexity index is 401. The van der Waals surface area contributed by atoms with Crippen molar-refractivity contribution in [3.05, 3.63) is 11.8 Å². The third-order valence-corrected chi connectivity index (χ3v) is 3.07. The van der Waals surface area contributed by atoms with Crippen LogP contribution < -0.4 is 5.32 Å². The average Bonchev–Trinajstić information content (AvgIpc) is 2.34. The summed E-state index contributed by atoms with van der Waals surface area (Å²) in [6, 6.07) is 0.971. The van der Waals surface area contributed by atoms with Crippen molar-refractivity contribution in [2.45, 2.75) is 24.5 Å². The van der Waals surface area contributed by atoms with Crippen LogP contribution in [-0.4, -0.2) is 36.0 Å². The highest BCUT2D eigenvalue weighted by molar-refractivity contribution is 7.99. The second-order valence-electron chi connectivity index (χ2n) is 3.64. The number of rotatable bonds is 7. The van der Waals surface area contributed by atoms with Gasteiger partial charge in [0.15, 0.2) is 5.69 Å². The third-order valence-electron chi connectivity index (χ3n) is 2.07. The molecule has 0 radical (unpaired) electrons. The Hall–Kier alpha value is -1.02. The number of hydrogen-bond acceptors (Lipinski definition) is 5. The zero-order valence-electron chi connectivity index (χ0n) is 10.8.